The number of likely N-dealkylation sites (N-methyl/N-ethyl adjacent to an activating group) is 1. The zero-order valence-corrected chi connectivity index (χ0v) is 12.9. The highest BCUT2D eigenvalue weighted by Crippen LogP contribution is 2.25. The van der Waals surface area contributed by atoms with Gasteiger partial charge in [-0.1, -0.05) is 17.7 Å². The predicted molar refractivity (Wildman–Crippen MR) is 83.3 cm³/mol. The van der Waals surface area contributed by atoms with Crippen molar-refractivity contribution >= 4 is 23.4 Å². The number of hydrogen-bond donors (Lipinski definition) is 2. The Balaban J connectivity index is 1.92. The first-order valence-corrected chi connectivity index (χ1v) is 7.42. The fourth-order valence-electron chi connectivity index (χ4n) is 2.43. The van der Waals surface area contributed by atoms with E-state index in [1.54, 1.807) is 4.90 Å². The first-order chi connectivity index (χ1) is 10.5. The van der Waals surface area contributed by atoms with Crippen LogP contribution < -0.4 is 15.5 Å². The molecule has 0 aliphatic carbocycles. The molecule has 0 saturated carbocycles. The highest BCUT2D eigenvalue weighted by molar-refractivity contribution is 6.00. The second kappa shape index (κ2) is 7.06. The van der Waals surface area contributed by atoms with Crippen molar-refractivity contribution in [2.45, 2.75) is 20.3 Å². The second-order valence-electron chi connectivity index (χ2n) is 5.41. The van der Waals surface area contributed by atoms with E-state index < -0.39 is 5.92 Å². The van der Waals surface area contributed by atoms with Gasteiger partial charge in [0.25, 0.3) is 0 Å². The van der Waals surface area contributed by atoms with Gasteiger partial charge in [-0.05, 0) is 26.0 Å². The van der Waals surface area contributed by atoms with E-state index in [0.717, 1.165) is 11.3 Å². The van der Waals surface area contributed by atoms with Crippen LogP contribution in [0.15, 0.2) is 24.3 Å². The average Bonchev–Trinajstić information content (AvgIpc) is 2.88. The summed E-state index contributed by atoms with van der Waals surface area (Å²) in [5.74, 6) is -0.963. The summed E-state index contributed by atoms with van der Waals surface area (Å²) in [6.45, 7) is 4.62. The van der Waals surface area contributed by atoms with E-state index in [-0.39, 0.29) is 30.7 Å². The molecule has 0 radical (unpaired) electrons. The molecule has 1 aromatic carbocycles. The van der Waals surface area contributed by atoms with Crippen LogP contribution in [-0.2, 0) is 14.4 Å². The summed E-state index contributed by atoms with van der Waals surface area (Å²) >= 11 is 0. The fraction of sp³-hybridized carbons (Fsp3) is 0.438. The van der Waals surface area contributed by atoms with Crippen molar-refractivity contribution in [3.05, 3.63) is 29.8 Å². The van der Waals surface area contributed by atoms with Gasteiger partial charge in [-0.15, -0.1) is 0 Å². The summed E-state index contributed by atoms with van der Waals surface area (Å²) in [5, 5.41) is 5.19. The van der Waals surface area contributed by atoms with Gasteiger partial charge < -0.3 is 15.5 Å². The van der Waals surface area contributed by atoms with Gasteiger partial charge in [0.1, 0.15) is 0 Å². The summed E-state index contributed by atoms with van der Waals surface area (Å²) in [4.78, 5) is 37.1. The number of amides is 3. The molecule has 1 atom stereocenters. The van der Waals surface area contributed by atoms with Crippen molar-refractivity contribution in [2.75, 3.05) is 24.5 Å². The molecule has 0 spiro atoms. The number of nitrogens with one attached hydrogen (secondary N) is 2. The normalized spacial score (nSPS) is 17.5. The third-order valence-electron chi connectivity index (χ3n) is 3.64. The first-order valence-electron chi connectivity index (χ1n) is 7.42. The maximum absolute atomic E-state index is 12.1. The quantitative estimate of drug-likeness (QED) is 0.836. The molecule has 0 aromatic heterocycles. The number of anilines is 1. The summed E-state index contributed by atoms with van der Waals surface area (Å²) in [6, 6.07) is 7.63. The number of nitrogens with zero attached hydrogens (tertiary/aromatic N) is 1. The maximum Gasteiger partial charge on any atom is 0.239 e. The standard InChI is InChI=1S/C16H21N3O3/c1-3-17-14(20)9-18-16(22)12-8-15(21)19(10-12)13-6-4-11(2)5-7-13/h4-7,12H,3,8-10H2,1-2H3,(H,17,20)(H,18,22)/t12-/m1/s1. The molecule has 0 unspecified atom stereocenters. The van der Waals surface area contributed by atoms with Crippen LogP contribution in [0.2, 0.25) is 0 Å². The largest absolute Gasteiger partial charge is 0.355 e. The van der Waals surface area contributed by atoms with E-state index >= 15 is 0 Å². The zero-order chi connectivity index (χ0) is 16.1. The van der Waals surface area contributed by atoms with Crippen LogP contribution in [0.5, 0.6) is 0 Å². The van der Waals surface area contributed by atoms with Gasteiger partial charge in [-0.25, -0.2) is 0 Å². The summed E-state index contributed by atoms with van der Waals surface area (Å²) in [6.07, 6.45) is 0.176. The highest BCUT2D eigenvalue weighted by Gasteiger charge is 2.35. The van der Waals surface area contributed by atoms with Crippen LogP contribution in [0.25, 0.3) is 0 Å². The van der Waals surface area contributed by atoms with Crippen molar-refractivity contribution in [3.63, 3.8) is 0 Å². The maximum atomic E-state index is 12.1. The molecule has 1 aliphatic rings. The Morgan fingerprint density at radius 3 is 2.55 bits per heavy atom. The molecule has 1 aliphatic heterocycles. The summed E-state index contributed by atoms with van der Waals surface area (Å²) in [7, 11) is 0. The third kappa shape index (κ3) is 3.84. The summed E-state index contributed by atoms with van der Waals surface area (Å²) < 4.78 is 0. The van der Waals surface area contributed by atoms with E-state index in [1.165, 1.54) is 0 Å². The van der Waals surface area contributed by atoms with Crippen LogP contribution in [0.3, 0.4) is 0 Å². The number of carbonyl (C=O) groups excluding carboxylic acids is 3. The van der Waals surface area contributed by atoms with Crippen molar-refractivity contribution in [2.24, 2.45) is 5.92 Å². The van der Waals surface area contributed by atoms with Gasteiger partial charge >= 0.3 is 0 Å². The predicted octanol–water partition coefficient (Wildman–Crippen LogP) is 0.600. The molecule has 1 saturated heterocycles. The minimum absolute atomic E-state index is 0.0537. The van der Waals surface area contributed by atoms with E-state index in [1.807, 2.05) is 38.1 Å². The molecule has 6 nitrogen and oxygen atoms in total. The van der Waals surface area contributed by atoms with E-state index in [9.17, 15) is 14.4 Å². The third-order valence-corrected chi connectivity index (χ3v) is 3.64. The monoisotopic (exact) mass is 303 g/mol. The number of benzene rings is 1. The fourth-order valence-corrected chi connectivity index (χ4v) is 2.43. The Labute approximate surface area is 129 Å². The minimum atomic E-state index is -0.414. The van der Waals surface area contributed by atoms with Crippen molar-refractivity contribution in [1.29, 1.82) is 0 Å². The van der Waals surface area contributed by atoms with Gasteiger partial charge in [-0.2, -0.15) is 0 Å². The minimum Gasteiger partial charge on any atom is -0.355 e. The topological polar surface area (TPSA) is 78.5 Å². The van der Waals surface area contributed by atoms with E-state index in [2.05, 4.69) is 10.6 Å². The van der Waals surface area contributed by atoms with Crippen molar-refractivity contribution in [1.82, 2.24) is 10.6 Å². The Bertz CT molecular complexity index is 569. The highest BCUT2D eigenvalue weighted by atomic mass is 16.2. The molecule has 22 heavy (non-hydrogen) atoms. The van der Waals surface area contributed by atoms with Gasteiger partial charge in [0, 0.05) is 25.2 Å². The Morgan fingerprint density at radius 1 is 1.23 bits per heavy atom. The van der Waals surface area contributed by atoms with Crippen LogP contribution in [0.4, 0.5) is 5.69 Å². The lowest BCUT2D eigenvalue weighted by molar-refractivity contribution is -0.128. The van der Waals surface area contributed by atoms with Gasteiger partial charge in [0.05, 0.1) is 12.5 Å². The molecule has 2 N–H and O–H groups in total. The molecule has 2 rings (SSSR count). The van der Waals surface area contributed by atoms with Crippen LogP contribution in [0.1, 0.15) is 18.9 Å². The van der Waals surface area contributed by atoms with Crippen LogP contribution in [-0.4, -0.2) is 37.4 Å². The molecule has 1 aromatic rings. The first kappa shape index (κ1) is 16.0. The summed E-state index contributed by atoms with van der Waals surface area (Å²) in [5.41, 5.74) is 1.92. The van der Waals surface area contributed by atoms with Crippen LogP contribution in [0, 0.1) is 12.8 Å². The SMILES string of the molecule is CCNC(=O)CNC(=O)[C@@H]1CC(=O)N(c2ccc(C)cc2)C1. The molecular weight excluding hydrogens is 282 g/mol. The Hall–Kier alpha value is -2.37. The Kier molecular flexibility index (Phi) is 5.14. The van der Waals surface area contributed by atoms with Crippen molar-refractivity contribution in [3.8, 4) is 0 Å². The van der Waals surface area contributed by atoms with Crippen molar-refractivity contribution < 1.29 is 14.4 Å². The number of hydrogen-bond acceptors (Lipinski definition) is 3. The average molecular weight is 303 g/mol. The van der Waals surface area contributed by atoms with Gasteiger partial charge in [-0.3, -0.25) is 14.4 Å². The van der Waals surface area contributed by atoms with Gasteiger partial charge in [0.15, 0.2) is 0 Å². The second-order valence-corrected chi connectivity index (χ2v) is 5.41. The smallest absolute Gasteiger partial charge is 0.239 e. The molecule has 3 amide bonds. The molecular formula is C16H21N3O3. The molecule has 1 heterocycles. The molecule has 118 valence electrons. The molecule has 0 bridgehead atoms. The molecule has 6 heteroatoms. The van der Waals surface area contributed by atoms with E-state index in [0.29, 0.717) is 13.1 Å². The number of carbonyl (C=O) groups is 3. The molecule has 1 fully saturated rings. The lowest BCUT2D eigenvalue weighted by Crippen LogP contribution is -2.40. The number of rotatable bonds is 5. The van der Waals surface area contributed by atoms with Gasteiger partial charge in [0.2, 0.25) is 17.7 Å². The lowest BCUT2D eigenvalue weighted by Gasteiger charge is -2.17. The Morgan fingerprint density at radius 2 is 1.91 bits per heavy atom. The lowest BCUT2D eigenvalue weighted by atomic mass is 10.1. The van der Waals surface area contributed by atoms with Crippen LogP contribution >= 0.6 is 0 Å². The number of aryl methyl sites for hydroxylation is 1. The zero-order valence-electron chi connectivity index (χ0n) is 12.9. The van der Waals surface area contributed by atoms with E-state index in [4.69, 9.17) is 0 Å².